The fraction of sp³-hybridized carbons (Fsp3) is 0.438. The minimum absolute atomic E-state index is 0.0246. The molecule has 0 bridgehead atoms. The van der Waals surface area contributed by atoms with E-state index in [0.29, 0.717) is 34.1 Å². The van der Waals surface area contributed by atoms with Crippen molar-refractivity contribution in [2.75, 3.05) is 11.9 Å². The molecule has 1 aromatic carbocycles. The van der Waals surface area contributed by atoms with Gasteiger partial charge in [0.25, 0.3) is 5.76 Å². The molecule has 9 heteroatoms. The molecule has 5 nitrogen and oxygen atoms in total. The first kappa shape index (κ1) is 19.7. The zero-order valence-electron chi connectivity index (χ0n) is 13.6. The molecule has 1 aromatic rings. The highest BCUT2D eigenvalue weighted by Gasteiger charge is 2.31. The van der Waals surface area contributed by atoms with Crippen molar-refractivity contribution in [3.8, 4) is 0 Å². The number of carbonyl (C=O) groups excluding carboxylic acids is 2. The van der Waals surface area contributed by atoms with Crippen LogP contribution in [0.4, 0.5) is 14.5 Å². The van der Waals surface area contributed by atoms with Crippen molar-refractivity contribution >= 4 is 46.2 Å². The molecule has 25 heavy (non-hydrogen) atoms. The minimum Gasteiger partial charge on any atom is -0.326 e. The van der Waals surface area contributed by atoms with E-state index in [1.807, 2.05) is 0 Å². The standard InChI is InChI=1S/C16H19F2N3O2S2/c1-2-3-8-19-16-21-14(23)12(25-16)9-13(22)20-10-4-6-11(7-5-10)24-15(17)18/h4-7,12,15H,2-3,8-9H2,1H3,(H,20,22)(H,19,21,23)/t12-/m1/s1. The van der Waals surface area contributed by atoms with Crippen molar-refractivity contribution in [2.45, 2.75) is 42.1 Å². The van der Waals surface area contributed by atoms with Gasteiger partial charge in [0.1, 0.15) is 5.25 Å². The number of nitrogens with one attached hydrogen (secondary N) is 2. The number of hydrogen-bond donors (Lipinski definition) is 2. The van der Waals surface area contributed by atoms with Crippen LogP contribution >= 0.6 is 23.5 Å². The number of alkyl halides is 2. The highest BCUT2D eigenvalue weighted by atomic mass is 32.2. The molecule has 0 unspecified atom stereocenters. The molecule has 0 saturated carbocycles. The third-order valence-corrected chi connectivity index (χ3v) is 5.12. The molecule has 136 valence electrons. The van der Waals surface area contributed by atoms with Crippen LogP contribution in [-0.4, -0.2) is 34.5 Å². The SMILES string of the molecule is CCCCN=C1NC(=O)[C@@H](CC(=O)Nc2ccc(SC(F)F)cc2)S1. The number of amides is 2. The van der Waals surface area contributed by atoms with Gasteiger partial charge in [-0.15, -0.1) is 0 Å². The predicted octanol–water partition coefficient (Wildman–Crippen LogP) is 3.72. The van der Waals surface area contributed by atoms with Gasteiger partial charge in [0, 0.05) is 23.5 Å². The molecule has 1 atom stereocenters. The van der Waals surface area contributed by atoms with Gasteiger partial charge in [-0.1, -0.05) is 36.9 Å². The number of thioether (sulfide) groups is 2. The van der Waals surface area contributed by atoms with Crippen LogP contribution in [0.2, 0.25) is 0 Å². The molecule has 0 spiro atoms. The van der Waals surface area contributed by atoms with Gasteiger partial charge in [0.15, 0.2) is 5.17 Å². The smallest absolute Gasteiger partial charge is 0.288 e. The molecular formula is C16H19F2N3O2S2. The topological polar surface area (TPSA) is 70.6 Å². The Morgan fingerprint density at radius 2 is 2.12 bits per heavy atom. The maximum Gasteiger partial charge on any atom is 0.288 e. The summed E-state index contributed by atoms with van der Waals surface area (Å²) in [7, 11) is 0. The molecule has 1 saturated heterocycles. The number of carbonyl (C=O) groups is 2. The number of unbranched alkanes of at least 4 members (excludes halogenated alkanes) is 1. The van der Waals surface area contributed by atoms with E-state index in [-0.39, 0.29) is 18.2 Å². The highest BCUT2D eigenvalue weighted by molar-refractivity contribution is 8.15. The first-order valence-electron chi connectivity index (χ1n) is 7.84. The average Bonchev–Trinajstić information content (AvgIpc) is 2.89. The highest BCUT2D eigenvalue weighted by Crippen LogP contribution is 2.27. The summed E-state index contributed by atoms with van der Waals surface area (Å²) in [5, 5.41) is 5.40. The fourth-order valence-electron chi connectivity index (χ4n) is 2.05. The van der Waals surface area contributed by atoms with Crippen LogP contribution < -0.4 is 10.6 Å². The van der Waals surface area contributed by atoms with Crippen molar-refractivity contribution in [2.24, 2.45) is 4.99 Å². The summed E-state index contributed by atoms with van der Waals surface area (Å²) < 4.78 is 24.5. The Morgan fingerprint density at radius 3 is 2.76 bits per heavy atom. The van der Waals surface area contributed by atoms with Crippen LogP contribution in [0, 0.1) is 0 Å². The van der Waals surface area contributed by atoms with Gasteiger partial charge in [-0.25, -0.2) is 0 Å². The van der Waals surface area contributed by atoms with Crippen LogP contribution in [0.5, 0.6) is 0 Å². The molecule has 1 heterocycles. The molecule has 1 aliphatic heterocycles. The van der Waals surface area contributed by atoms with Crippen LogP contribution in [0.25, 0.3) is 0 Å². The Hall–Kier alpha value is -1.61. The summed E-state index contributed by atoms with van der Waals surface area (Å²) in [6.45, 7) is 2.72. The third-order valence-electron chi connectivity index (χ3n) is 3.28. The van der Waals surface area contributed by atoms with Gasteiger partial charge in [-0.3, -0.25) is 14.6 Å². The van der Waals surface area contributed by atoms with Crippen LogP contribution in [0.15, 0.2) is 34.2 Å². The first-order chi connectivity index (χ1) is 12.0. The Labute approximate surface area is 153 Å². The second-order valence-electron chi connectivity index (χ2n) is 5.29. The van der Waals surface area contributed by atoms with Crippen LogP contribution in [0.1, 0.15) is 26.2 Å². The molecule has 2 N–H and O–H groups in total. The lowest BCUT2D eigenvalue weighted by Crippen LogP contribution is -2.28. The summed E-state index contributed by atoms with van der Waals surface area (Å²) in [5.41, 5.74) is 0.504. The summed E-state index contributed by atoms with van der Waals surface area (Å²) in [4.78, 5) is 28.7. The lowest BCUT2D eigenvalue weighted by Gasteiger charge is -2.08. The summed E-state index contributed by atoms with van der Waals surface area (Å²) in [5.74, 6) is -3.01. The van der Waals surface area contributed by atoms with Crippen LogP contribution in [0.3, 0.4) is 0 Å². The van der Waals surface area contributed by atoms with E-state index < -0.39 is 11.0 Å². The van der Waals surface area contributed by atoms with Gasteiger partial charge in [-0.05, 0) is 30.7 Å². The van der Waals surface area contributed by atoms with Gasteiger partial charge in [0.05, 0.1) is 0 Å². The Morgan fingerprint density at radius 1 is 1.40 bits per heavy atom. The normalized spacial score (nSPS) is 18.6. The number of amidine groups is 1. The molecule has 2 amide bonds. The molecule has 2 rings (SSSR count). The second kappa shape index (κ2) is 9.76. The largest absolute Gasteiger partial charge is 0.326 e. The third kappa shape index (κ3) is 6.66. The number of rotatable bonds is 8. The van der Waals surface area contributed by atoms with E-state index in [4.69, 9.17) is 0 Å². The van der Waals surface area contributed by atoms with E-state index in [0.717, 1.165) is 12.8 Å². The lowest BCUT2D eigenvalue weighted by atomic mass is 10.2. The number of aliphatic imine (C=N–C) groups is 1. The molecule has 0 aromatic heterocycles. The molecule has 0 aliphatic carbocycles. The Kier molecular flexibility index (Phi) is 7.70. The van der Waals surface area contributed by atoms with Crippen molar-refractivity contribution in [1.82, 2.24) is 5.32 Å². The number of halogens is 2. The van der Waals surface area contributed by atoms with E-state index in [1.54, 1.807) is 12.1 Å². The average molecular weight is 387 g/mol. The number of hydrogen-bond acceptors (Lipinski definition) is 5. The Balaban J connectivity index is 1.83. The van der Waals surface area contributed by atoms with Crippen molar-refractivity contribution < 1.29 is 18.4 Å². The van der Waals surface area contributed by atoms with E-state index in [1.165, 1.54) is 23.9 Å². The van der Waals surface area contributed by atoms with E-state index in [2.05, 4.69) is 22.5 Å². The molecule has 1 fully saturated rings. The minimum atomic E-state index is -2.48. The van der Waals surface area contributed by atoms with Gasteiger partial charge in [0.2, 0.25) is 11.8 Å². The van der Waals surface area contributed by atoms with E-state index >= 15 is 0 Å². The predicted molar refractivity (Wildman–Crippen MR) is 98.3 cm³/mol. The second-order valence-corrected chi connectivity index (χ2v) is 7.55. The van der Waals surface area contributed by atoms with Crippen LogP contribution in [-0.2, 0) is 9.59 Å². The first-order valence-corrected chi connectivity index (χ1v) is 9.60. The van der Waals surface area contributed by atoms with Crippen molar-refractivity contribution in [3.63, 3.8) is 0 Å². The summed E-state index contributed by atoms with van der Waals surface area (Å²) in [6, 6.07) is 6.15. The summed E-state index contributed by atoms with van der Waals surface area (Å²) >= 11 is 1.70. The molecule has 1 aliphatic rings. The van der Waals surface area contributed by atoms with Gasteiger partial charge >= 0.3 is 0 Å². The molecule has 0 radical (unpaired) electrons. The Bertz CT molecular complexity index is 639. The number of anilines is 1. The zero-order chi connectivity index (χ0) is 18.2. The van der Waals surface area contributed by atoms with Crippen molar-refractivity contribution in [1.29, 1.82) is 0 Å². The molecular weight excluding hydrogens is 368 g/mol. The summed E-state index contributed by atoms with van der Waals surface area (Å²) in [6.07, 6.45) is 2.00. The fourth-order valence-corrected chi connectivity index (χ4v) is 3.55. The number of benzene rings is 1. The van der Waals surface area contributed by atoms with Crippen molar-refractivity contribution in [3.05, 3.63) is 24.3 Å². The maximum absolute atomic E-state index is 12.3. The van der Waals surface area contributed by atoms with Gasteiger partial charge in [-0.2, -0.15) is 8.78 Å². The maximum atomic E-state index is 12.3. The lowest BCUT2D eigenvalue weighted by molar-refractivity contribution is -0.122. The van der Waals surface area contributed by atoms with Gasteiger partial charge < -0.3 is 10.6 Å². The monoisotopic (exact) mass is 387 g/mol. The quantitative estimate of drug-likeness (QED) is 0.527. The van der Waals surface area contributed by atoms with E-state index in [9.17, 15) is 18.4 Å². The number of nitrogens with zero attached hydrogens (tertiary/aromatic N) is 1. The zero-order valence-corrected chi connectivity index (χ0v) is 15.3.